The lowest BCUT2D eigenvalue weighted by atomic mass is 9.93. The minimum absolute atomic E-state index is 0.409. The molecular weight excluding hydrogens is 268 g/mol. The third-order valence-corrected chi connectivity index (χ3v) is 4.16. The van der Waals surface area contributed by atoms with Crippen molar-refractivity contribution >= 4 is 16.8 Å². The molecule has 0 N–H and O–H groups in total. The van der Waals surface area contributed by atoms with Crippen molar-refractivity contribution in [1.82, 2.24) is 0 Å². The average Bonchev–Trinajstić information content (AvgIpc) is 3.42. The number of rotatable bonds is 1. The van der Waals surface area contributed by atoms with E-state index < -0.39 is 0 Å². The molecule has 0 radical (unpaired) electrons. The smallest absolute Gasteiger partial charge is 0.106 e. The minimum atomic E-state index is 0.409. The highest BCUT2D eigenvalue weighted by atomic mass is 16.6. The summed E-state index contributed by atoms with van der Waals surface area (Å²) in [5.74, 6) is 0. The molecule has 2 aliphatic rings. The fraction of sp³-hybridized carbons (Fsp3) is 0.143. The molecule has 108 valence electrons. The van der Waals surface area contributed by atoms with Crippen molar-refractivity contribution in [3.05, 3.63) is 89.5 Å². The van der Waals surface area contributed by atoms with Gasteiger partial charge in [-0.1, -0.05) is 78.9 Å². The van der Waals surface area contributed by atoms with Crippen molar-refractivity contribution in [3.8, 4) is 0 Å². The van der Waals surface area contributed by atoms with Crippen LogP contribution in [0.25, 0.3) is 16.8 Å². The van der Waals surface area contributed by atoms with Crippen LogP contribution in [0.2, 0.25) is 0 Å². The van der Waals surface area contributed by atoms with Crippen LogP contribution in [0.3, 0.4) is 0 Å². The van der Waals surface area contributed by atoms with Gasteiger partial charge in [-0.2, -0.15) is 0 Å². The van der Waals surface area contributed by atoms with Gasteiger partial charge in [0.15, 0.2) is 0 Å². The lowest BCUT2D eigenvalue weighted by Gasteiger charge is -2.11. The second-order valence-corrected chi connectivity index (χ2v) is 5.70. The van der Waals surface area contributed by atoms with Crippen molar-refractivity contribution in [2.75, 3.05) is 6.61 Å². The van der Waals surface area contributed by atoms with Crippen LogP contribution in [0.1, 0.15) is 22.8 Å². The van der Waals surface area contributed by atoms with Crippen LogP contribution in [-0.2, 0) is 11.2 Å². The van der Waals surface area contributed by atoms with Crippen LogP contribution in [0.5, 0.6) is 0 Å². The summed E-state index contributed by atoms with van der Waals surface area (Å²) in [5.41, 5.74) is 4.12. The van der Waals surface area contributed by atoms with Crippen LogP contribution in [0.4, 0.5) is 0 Å². The van der Waals surface area contributed by atoms with Gasteiger partial charge < -0.3 is 4.74 Å². The molecule has 1 atom stereocenters. The summed E-state index contributed by atoms with van der Waals surface area (Å²) in [6.45, 7) is 0.907. The summed E-state index contributed by atoms with van der Waals surface area (Å²) < 4.78 is 5.09. The van der Waals surface area contributed by atoms with Crippen LogP contribution >= 0.6 is 0 Å². The Bertz CT molecular complexity index is 808. The van der Waals surface area contributed by atoms with Crippen LogP contribution < -0.4 is 0 Å². The van der Waals surface area contributed by atoms with Crippen LogP contribution in [0, 0.1) is 0 Å². The Hall–Kier alpha value is -2.38. The first-order valence-corrected chi connectivity index (χ1v) is 7.75. The number of epoxide rings is 1. The zero-order chi connectivity index (χ0) is 14.8. The summed E-state index contributed by atoms with van der Waals surface area (Å²) in [5, 5.41) is 2.80. The fourth-order valence-corrected chi connectivity index (χ4v) is 2.98. The first-order valence-electron chi connectivity index (χ1n) is 7.75. The Balaban J connectivity index is 0.000000122. The molecule has 1 fully saturated rings. The van der Waals surface area contributed by atoms with E-state index in [9.17, 15) is 0 Å². The van der Waals surface area contributed by atoms with Crippen LogP contribution in [-0.4, -0.2) is 6.61 Å². The van der Waals surface area contributed by atoms with Gasteiger partial charge in [-0.25, -0.2) is 0 Å². The lowest BCUT2D eigenvalue weighted by molar-refractivity contribution is 0.415. The first-order chi connectivity index (χ1) is 10.9. The SMILES string of the molecule is C1=Cc2cccc3cccc(c23)C1.c1ccc(C2CO2)cc1. The number of hydrogen-bond acceptors (Lipinski definition) is 1. The average molecular weight is 286 g/mol. The molecule has 0 bridgehead atoms. The molecule has 1 saturated heterocycles. The molecule has 1 heteroatoms. The third-order valence-electron chi connectivity index (χ3n) is 4.16. The van der Waals surface area contributed by atoms with E-state index in [4.69, 9.17) is 4.74 Å². The molecule has 3 aromatic carbocycles. The monoisotopic (exact) mass is 286 g/mol. The van der Waals surface area contributed by atoms with Gasteiger partial charge in [-0.05, 0) is 33.9 Å². The van der Waals surface area contributed by atoms with E-state index in [2.05, 4.69) is 60.7 Å². The summed E-state index contributed by atoms with van der Waals surface area (Å²) in [4.78, 5) is 0. The molecular formula is C21H18O. The molecule has 1 aliphatic carbocycles. The second kappa shape index (κ2) is 5.78. The van der Waals surface area contributed by atoms with E-state index in [1.165, 1.54) is 27.5 Å². The summed E-state index contributed by atoms with van der Waals surface area (Å²) >= 11 is 0. The highest BCUT2D eigenvalue weighted by Gasteiger charge is 2.23. The number of ether oxygens (including phenoxy) is 1. The molecule has 5 rings (SSSR count). The van der Waals surface area contributed by atoms with E-state index in [1.807, 2.05) is 18.2 Å². The molecule has 1 aliphatic heterocycles. The fourth-order valence-electron chi connectivity index (χ4n) is 2.98. The topological polar surface area (TPSA) is 12.5 Å². The molecule has 0 aromatic heterocycles. The number of allylic oxidation sites excluding steroid dienone is 1. The maximum atomic E-state index is 5.09. The molecule has 0 saturated carbocycles. The molecule has 1 heterocycles. The standard InChI is InChI=1S/C13H10.C8H8O/c1-4-10-6-2-8-12-9-3-7-11(5-1)13(10)12;1-2-4-7(5-3-1)8-6-9-8/h1-8H,9H2;1-5,8H,6H2. The molecule has 1 unspecified atom stereocenters. The van der Waals surface area contributed by atoms with Gasteiger partial charge in [0.2, 0.25) is 0 Å². The quantitative estimate of drug-likeness (QED) is 0.562. The van der Waals surface area contributed by atoms with Crippen molar-refractivity contribution in [3.63, 3.8) is 0 Å². The minimum Gasteiger partial charge on any atom is -0.368 e. The van der Waals surface area contributed by atoms with Gasteiger partial charge >= 0.3 is 0 Å². The van der Waals surface area contributed by atoms with Gasteiger partial charge in [0.1, 0.15) is 6.10 Å². The first kappa shape index (κ1) is 13.3. The third kappa shape index (κ3) is 2.68. The van der Waals surface area contributed by atoms with Gasteiger partial charge in [0.25, 0.3) is 0 Å². The van der Waals surface area contributed by atoms with E-state index in [0.29, 0.717) is 6.10 Å². The van der Waals surface area contributed by atoms with Crippen LogP contribution in [0.15, 0.2) is 72.8 Å². The maximum absolute atomic E-state index is 5.09. The van der Waals surface area contributed by atoms with E-state index in [0.717, 1.165) is 13.0 Å². The predicted molar refractivity (Wildman–Crippen MR) is 91.8 cm³/mol. The molecule has 0 amide bonds. The highest BCUT2D eigenvalue weighted by Crippen LogP contribution is 2.29. The van der Waals surface area contributed by atoms with Crippen molar-refractivity contribution < 1.29 is 4.74 Å². The van der Waals surface area contributed by atoms with Gasteiger partial charge in [-0.3, -0.25) is 0 Å². The van der Waals surface area contributed by atoms with E-state index >= 15 is 0 Å². The molecule has 3 aromatic rings. The predicted octanol–water partition coefficient (Wildman–Crippen LogP) is 5.17. The summed E-state index contributed by atoms with van der Waals surface area (Å²) in [6.07, 6.45) is 5.94. The van der Waals surface area contributed by atoms with Gasteiger partial charge in [0, 0.05) is 0 Å². The largest absolute Gasteiger partial charge is 0.368 e. The van der Waals surface area contributed by atoms with E-state index in [1.54, 1.807) is 0 Å². The second-order valence-electron chi connectivity index (χ2n) is 5.70. The number of hydrogen-bond donors (Lipinski definition) is 0. The normalized spacial score (nSPS) is 17.7. The summed E-state index contributed by atoms with van der Waals surface area (Å²) in [6, 6.07) is 23.3. The van der Waals surface area contributed by atoms with Gasteiger partial charge in [-0.15, -0.1) is 0 Å². The number of benzene rings is 3. The zero-order valence-electron chi connectivity index (χ0n) is 12.4. The summed E-state index contributed by atoms with van der Waals surface area (Å²) in [7, 11) is 0. The Labute approximate surface area is 130 Å². The zero-order valence-corrected chi connectivity index (χ0v) is 12.4. The van der Waals surface area contributed by atoms with Gasteiger partial charge in [0.05, 0.1) is 6.61 Å². The van der Waals surface area contributed by atoms with E-state index in [-0.39, 0.29) is 0 Å². The molecule has 1 nitrogen and oxygen atoms in total. The maximum Gasteiger partial charge on any atom is 0.106 e. The Morgan fingerprint density at radius 2 is 1.59 bits per heavy atom. The molecule has 22 heavy (non-hydrogen) atoms. The highest BCUT2D eigenvalue weighted by molar-refractivity contribution is 5.94. The Morgan fingerprint density at radius 3 is 2.36 bits per heavy atom. The van der Waals surface area contributed by atoms with Crippen molar-refractivity contribution in [2.24, 2.45) is 0 Å². The lowest BCUT2D eigenvalue weighted by Crippen LogP contribution is -1.91. The Kier molecular flexibility index (Phi) is 3.49. The van der Waals surface area contributed by atoms with Crippen molar-refractivity contribution in [1.29, 1.82) is 0 Å². The molecule has 0 spiro atoms. The van der Waals surface area contributed by atoms with Crippen molar-refractivity contribution in [2.45, 2.75) is 12.5 Å². The Morgan fingerprint density at radius 1 is 0.818 bits per heavy atom.